The van der Waals surface area contributed by atoms with E-state index < -0.39 is 7.12 Å². The number of ether oxygens (including phenoxy) is 1. The monoisotopic (exact) mass is 275 g/mol. The highest BCUT2D eigenvalue weighted by Crippen LogP contribution is 2.26. The molecule has 0 radical (unpaired) electrons. The second-order valence-electron chi connectivity index (χ2n) is 3.90. The van der Waals surface area contributed by atoms with Crippen molar-refractivity contribution in [3.63, 3.8) is 0 Å². The van der Waals surface area contributed by atoms with Crippen LogP contribution >= 0.6 is 12.4 Å². The van der Waals surface area contributed by atoms with Gasteiger partial charge in [-0.1, -0.05) is 12.1 Å². The fraction of sp³-hybridized carbons (Fsp3) is 0.455. The van der Waals surface area contributed by atoms with Crippen molar-refractivity contribution in [2.75, 3.05) is 19.8 Å². The molecule has 1 atom stereocenters. The summed E-state index contributed by atoms with van der Waals surface area (Å²) in [6.45, 7) is 0.816. The van der Waals surface area contributed by atoms with Gasteiger partial charge in [0, 0.05) is 25.0 Å². The van der Waals surface area contributed by atoms with Gasteiger partial charge in [-0.25, -0.2) is 0 Å². The fourth-order valence-corrected chi connectivity index (χ4v) is 1.96. The molecule has 0 spiro atoms. The van der Waals surface area contributed by atoms with Crippen molar-refractivity contribution in [1.82, 2.24) is 0 Å². The highest BCUT2D eigenvalue weighted by molar-refractivity contribution is 6.62. The summed E-state index contributed by atoms with van der Waals surface area (Å²) >= 11 is 0. The van der Waals surface area contributed by atoms with Crippen LogP contribution in [0.1, 0.15) is 18.1 Å². The zero-order chi connectivity index (χ0) is 12.3. The van der Waals surface area contributed by atoms with Crippen LogP contribution in [0.3, 0.4) is 0 Å². The first kappa shape index (κ1) is 15.3. The Balaban J connectivity index is 0.00000162. The number of fused-ring (bicyclic) bond motifs is 1. The minimum Gasteiger partial charge on any atom is -0.494 e. The molecule has 5 nitrogen and oxygen atoms in total. The first-order valence-electron chi connectivity index (χ1n) is 5.68. The minimum absolute atomic E-state index is 0. The maximum atomic E-state index is 9.81. The van der Waals surface area contributed by atoms with Crippen molar-refractivity contribution in [3.05, 3.63) is 23.8 Å². The van der Waals surface area contributed by atoms with Crippen molar-refractivity contribution in [3.8, 4) is 5.75 Å². The molecule has 0 aromatic heterocycles. The molecule has 2 rings (SSSR count). The Bertz CT molecular complexity index is 393. The van der Waals surface area contributed by atoms with Gasteiger partial charge in [0.15, 0.2) is 0 Å². The van der Waals surface area contributed by atoms with E-state index in [4.69, 9.17) is 20.2 Å². The van der Waals surface area contributed by atoms with Crippen LogP contribution in [-0.4, -0.2) is 37.0 Å². The number of benzene rings is 1. The third-order valence-corrected chi connectivity index (χ3v) is 2.76. The van der Waals surface area contributed by atoms with Crippen LogP contribution in [-0.2, 0) is 4.65 Å². The molecule has 0 aliphatic carbocycles. The van der Waals surface area contributed by atoms with Gasteiger partial charge < -0.3 is 25.3 Å². The smallest absolute Gasteiger partial charge is 0.494 e. The van der Waals surface area contributed by atoms with Crippen molar-refractivity contribution in [2.45, 2.75) is 12.5 Å². The second kappa shape index (κ2) is 6.96. The normalized spacial score (nSPS) is 17.3. The Labute approximate surface area is 112 Å². The van der Waals surface area contributed by atoms with E-state index in [0.717, 1.165) is 5.56 Å². The summed E-state index contributed by atoms with van der Waals surface area (Å²) in [5.74, 6) is 0.597. The Morgan fingerprint density at radius 1 is 1.50 bits per heavy atom. The topological polar surface area (TPSA) is 84.9 Å². The Kier molecular flexibility index (Phi) is 5.91. The second-order valence-corrected chi connectivity index (χ2v) is 3.90. The van der Waals surface area contributed by atoms with Gasteiger partial charge in [-0.15, -0.1) is 12.4 Å². The SMILES string of the molecule is Cl.N[14CH2][C@H]1OB(O)c2c(OCCCO)cccc21. The molecule has 0 saturated heterocycles. The molecule has 4 N–H and O–H groups in total. The average molecular weight is 276 g/mol. The Hall–Kier alpha value is -0.785. The van der Waals surface area contributed by atoms with Crippen molar-refractivity contribution >= 4 is 25.0 Å². The van der Waals surface area contributed by atoms with Gasteiger partial charge in [-0.05, 0) is 11.6 Å². The van der Waals surface area contributed by atoms with Gasteiger partial charge in [0.05, 0.1) is 12.7 Å². The number of rotatable bonds is 5. The number of hydrogen-bond acceptors (Lipinski definition) is 5. The first-order chi connectivity index (χ1) is 8.27. The van der Waals surface area contributed by atoms with Crippen LogP contribution in [0.25, 0.3) is 0 Å². The van der Waals surface area contributed by atoms with E-state index in [0.29, 0.717) is 30.8 Å². The molecule has 18 heavy (non-hydrogen) atoms. The summed E-state index contributed by atoms with van der Waals surface area (Å²) in [7, 11) is -0.983. The standard InChI is InChI=1S/C11H16BNO4.ClH/c13-7-10-8-3-1-4-9(16-6-2-5-14)11(8)12(15)17-10;/h1,3-4,10,14-15H,2,5-7,13H2;1H/t10-;/m1./s1/i7+2;. The van der Waals surface area contributed by atoms with E-state index in [9.17, 15) is 5.02 Å². The van der Waals surface area contributed by atoms with Crippen LogP contribution in [0.2, 0.25) is 0 Å². The van der Waals surface area contributed by atoms with Crippen LogP contribution < -0.4 is 15.9 Å². The molecule has 0 unspecified atom stereocenters. The number of halogens is 1. The third-order valence-electron chi connectivity index (χ3n) is 2.76. The lowest BCUT2D eigenvalue weighted by Crippen LogP contribution is -2.30. The van der Waals surface area contributed by atoms with Crippen LogP contribution in [0, 0.1) is 0 Å². The van der Waals surface area contributed by atoms with E-state index in [1.165, 1.54) is 0 Å². The molecule has 0 bridgehead atoms. The molecule has 7 heteroatoms. The van der Waals surface area contributed by atoms with Gasteiger partial charge in [-0.2, -0.15) is 0 Å². The van der Waals surface area contributed by atoms with Gasteiger partial charge >= 0.3 is 7.12 Å². The average Bonchev–Trinajstić information content (AvgIpc) is 2.68. The maximum Gasteiger partial charge on any atom is 0.495 e. The molecule has 0 saturated carbocycles. The quantitative estimate of drug-likeness (QED) is 0.502. The largest absolute Gasteiger partial charge is 0.495 e. The summed E-state index contributed by atoms with van der Waals surface area (Å²) in [6.07, 6.45) is 0.280. The van der Waals surface area contributed by atoms with Gasteiger partial charge in [-0.3, -0.25) is 0 Å². The molecule has 1 aromatic rings. The third kappa shape index (κ3) is 2.96. The van der Waals surface area contributed by atoms with Gasteiger partial charge in [0.1, 0.15) is 5.75 Å². The molecule has 1 aliphatic heterocycles. The maximum absolute atomic E-state index is 9.81. The van der Waals surface area contributed by atoms with Gasteiger partial charge in [0.25, 0.3) is 0 Å². The first-order valence-corrected chi connectivity index (χ1v) is 5.68. The van der Waals surface area contributed by atoms with Crippen molar-refractivity contribution in [2.24, 2.45) is 5.73 Å². The van der Waals surface area contributed by atoms with Crippen LogP contribution in [0.4, 0.5) is 0 Å². The number of aliphatic hydroxyl groups is 1. The summed E-state index contributed by atoms with van der Waals surface area (Å²) in [4.78, 5) is 0. The lowest BCUT2D eigenvalue weighted by atomic mass is 9.78. The van der Waals surface area contributed by atoms with Crippen LogP contribution in [0.5, 0.6) is 5.75 Å². The zero-order valence-corrected chi connectivity index (χ0v) is 10.7. The van der Waals surface area contributed by atoms with E-state index in [1.54, 1.807) is 6.07 Å². The Morgan fingerprint density at radius 2 is 2.28 bits per heavy atom. The molecular weight excluding hydrogens is 258 g/mol. The van der Waals surface area contributed by atoms with Crippen molar-refractivity contribution < 1.29 is 19.5 Å². The highest BCUT2D eigenvalue weighted by atomic mass is 35.5. The molecule has 1 heterocycles. The van der Waals surface area contributed by atoms with Crippen LogP contribution in [0.15, 0.2) is 18.2 Å². The van der Waals surface area contributed by atoms with E-state index in [-0.39, 0.29) is 25.1 Å². The number of aliphatic hydroxyl groups excluding tert-OH is 1. The predicted octanol–water partition coefficient (Wildman–Crippen LogP) is -0.413. The van der Waals surface area contributed by atoms with E-state index in [1.807, 2.05) is 12.1 Å². The highest BCUT2D eigenvalue weighted by Gasteiger charge is 2.37. The predicted molar refractivity (Wildman–Crippen MR) is 71.4 cm³/mol. The molecule has 1 aliphatic rings. The van der Waals surface area contributed by atoms with E-state index >= 15 is 0 Å². The summed E-state index contributed by atoms with van der Waals surface area (Å²) in [6, 6.07) is 5.50. The number of hydrogen-bond donors (Lipinski definition) is 3. The summed E-state index contributed by atoms with van der Waals surface area (Å²) < 4.78 is 10.8. The molecule has 1 aromatic carbocycles. The number of nitrogens with two attached hydrogens (primary N) is 1. The fourth-order valence-electron chi connectivity index (χ4n) is 1.96. The molecular formula is C11H17BClNO4. The molecule has 100 valence electrons. The summed E-state index contributed by atoms with van der Waals surface area (Å²) in [5.41, 5.74) is 7.10. The summed E-state index contributed by atoms with van der Waals surface area (Å²) in [5, 5.41) is 18.5. The zero-order valence-electron chi connectivity index (χ0n) is 9.91. The van der Waals surface area contributed by atoms with E-state index in [2.05, 4.69) is 0 Å². The van der Waals surface area contributed by atoms with Crippen molar-refractivity contribution in [1.29, 1.82) is 0 Å². The molecule has 0 fully saturated rings. The minimum atomic E-state index is -0.983. The lowest BCUT2D eigenvalue weighted by molar-refractivity contribution is 0.198. The van der Waals surface area contributed by atoms with Gasteiger partial charge in [0.2, 0.25) is 0 Å². The lowest BCUT2D eigenvalue weighted by Gasteiger charge is -2.11. The Morgan fingerprint density at radius 3 is 2.94 bits per heavy atom. The molecule has 0 amide bonds.